The van der Waals surface area contributed by atoms with Crippen LogP contribution in [0.4, 0.5) is 5.13 Å². The molecule has 0 aliphatic heterocycles. The number of amides is 1. The molecule has 1 unspecified atom stereocenters. The van der Waals surface area contributed by atoms with Crippen LogP contribution in [0.15, 0.2) is 46.8 Å². The zero-order chi connectivity index (χ0) is 24.2. The van der Waals surface area contributed by atoms with Crippen LogP contribution in [0.1, 0.15) is 28.2 Å². The number of nitrogens with zero attached hydrogens (tertiary/aromatic N) is 3. The number of thiazole rings is 1. The highest BCUT2D eigenvalue weighted by molar-refractivity contribution is 7.20. The van der Waals surface area contributed by atoms with Gasteiger partial charge in [0.2, 0.25) is 5.91 Å². The average Bonchev–Trinajstić information content (AvgIpc) is 3.44. The molecule has 0 bridgehead atoms. The SMILES string of the molecule is COCCOC(=O)c1sc2ncn(C(C)C(=O)Nc3nc(-c4ccccc4)cs3)c(=O)c2c1C. The molecule has 4 aromatic rings. The van der Waals surface area contributed by atoms with E-state index in [-0.39, 0.29) is 13.2 Å². The van der Waals surface area contributed by atoms with Gasteiger partial charge in [0.15, 0.2) is 5.13 Å². The Morgan fingerprint density at radius 1 is 1.21 bits per heavy atom. The van der Waals surface area contributed by atoms with E-state index in [1.807, 2.05) is 35.7 Å². The first-order valence-electron chi connectivity index (χ1n) is 10.4. The summed E-state index contributed by atoms with van der Waals surface area (Å²) >= 11 is 2.39. The third-order valence-corrected chi connectivity index (χ3v) is 7.12. The van der Waals surface area contributed by atoms with E-state index >= 15 is 0 Å². The number of rotatable bonds is 8. The lowest BCUT2D eigenvalue weighted by Gasteiger charge is -2.13. The van der Waals surface area contributed by atoms with Crippen LogP contribution in [0.25, 0.3) is 21.5 Å². The van der Waals surface area contributed by atoms with E-state index < -0.39 is 23.5 Å². The predicted molar refractivity (Wildman–Crippen MR) is 132 cm³/mol. The van der Waals surface area contributed by atoms with Gasteiger partial charge in [0.05, 0.1) is 24.0 Å². The molecule has 0 saturated heterocycles. The van der Waals surface area contributed by atoms with Crippen LogP contribution in [0, 0.1) is 6.92 Å². The minimum absolute atomic E-state index is 0.112. The molecular weight excluding hydrogens is 476 g/mol. The fraction of sp³-hybridized carbons (Fsp3) is 0.261. The molecule has 1 atom stereocenters. The van der Waals surface area contributed by atoms with E-state index in [2.05, 4.69) is 15.3 Å². The Hall–Kier alpha value is -3.41. The molecule has 1 aromatic carbocycles. The van der Waals surface area contributed by atoms with Crippen molar-refractivity contribution in [3.63, 3.8) is 0 Å². The number of carbonyl (C=O) groups excluding carboxylic acids is 2. The number of esters is 1. The Balaban J connectivity index is 1.55. The minimum atomic E-state index is -0.843. The van der Waals surface area contributed by atoms with Crippen LogP contribution in [0.3, 0.4) is 0 Å². The molecule has 11 heteroatoms. The van der Waals surface area contributed by atoms with Crippen molar-refractivity contribution in [2.75, 3.05) is 25.6 Å². The lowest BCUT2D eigenvalue weighted by molar-refractivity contribution is -0.118. The Bertz CT molecular complexity index is 1390. The molecule has 0 fully saturated rings. The van der Waals surface area contributed by atoms with Gasteiger partial charge in [-0.2, -0.15) is 0 Å². The molecule has 34 heavy (non-hydrogen) atoms. The second-order valence-corrected chi connectivity index (χ2v) is 9.25. The predicted octanol–water partition coefficient (Wildman–Crippen LogP) is 3.89. The molecule has 0 aliphatic rings. The van der Waals surface area contributed by atoms with E-state index in [4.69, 9.17) is 9.47 Å². The number of hydrogen-bond donors (Lipinski definition) is 1. The largest absolute Gasteiger partial charge is 0.459 e. The number of benzene rings is 1. The lowest BCUT2D eigenvalue weighted by Crippen LogP contribution is -2.31. The van der Waals surface area contributed by atoms with Crippen LogP contribution in [0.5, 0.6) is 0 Å². The van der Waals surface area contributed by atoms with Gasteiger partial charge in [-0.05, 0) is 19.4 Å². The van der Waals surface area contributed by atoms with Crippen molar-refractivity contribution in [3.05, 3.63) is 62.8 Å². The zero-order valence-electron chi connectivity index (χ0n) is 18.7. The number of aryl methyl sites for hydroxylation is 1. The average molecular weight is 499 g/mol. The van der Waals surface area contributed by atoms with Crippen LogP contribution in [-0.2, 0) is 14.3 Å². The van der Waals surface area contributed by atoms with Crippen LogP contribution < -0.4 is 10.9 Å². The van der Waals surface area contributed by atoms with Gasteiger partial charge in [0.25, 0.3) is 5.56 Å². The smallest absolute Gasteiger partial charge is 0.348 e. The normalized spacial score (nSPS) is 12.0. The summed E-state index contributed by atoms with van der Waals surface area (Å²) in [4.78, 5) is 48.0. The van der Waals surface area contributed by atoms with E-state index in [9.17, 15) is 14.4 Å². The van der Waals surface area contributed by atoms with E-state index in [1.54, 1.807) is 13.8 Å². The van der Waals surface area contributed by atoms with E-state index in [0.29, 0.717) is 25.8 Å². The highest BCUT2D eigenvalue weighted by Crippen LogP contribution is 2.28. The fourth-order valence-electron chi connectivity index (χ4n) is 3.30. The number of methoxy groups -OCH3 is 1. The second kappa shape index (κ2) is 10.2. The van der Waals surface area contributed by atoms with Crippen LogP contribution in [-0.4, -0.2) is 46.7 Å². The Labute approximate surface area is 203 Å². The number of thiophene rings is 1. The molecule has 0 saturated carbocycles. The van der Waals surface area contributed by atoms with Crippen molar-refractivity contribution in [1.82, 2.24) is 14.5 Å². The number of hydrogen-bond acceptors (Lipinski definition) is 9. The third-order valence-electron chi connectivity index (χ3n) is 5.18. The summed E-state index contributed by atoms with van der Waals surface area (Å²) in [6, 6.07) is 8.79. The van der Waals surface area contributed by atoms with E-state index in [1.165, 1.54) is 29.3 Å². The van der Waals surface area contributed by atoms with Crippen molar-refractivity contribution < 1.29 is 19.1 Å². The first kappa shape index (κ1) is 23.7. The van der Waals surface area contributed by atoms with Crippen LogP contribution in [0.2, 0.25) is 0 Å². The molecule has 1 amide bonds. The molecule has 0 spiro atoms. The Morgan fingerprint density at radius 3 is 2.71 bits per heavy atom. The van der Waals surface area contributed by atoms with Crippen LogP contribution >= 0.6 is 22.7 Å². The standard InChI is InChI=1S/C23H22N4O5S2/c1-13-17-20(34-18(13)22(30)32-10-9-31-3)24-12-27(21(17)29)14(2)19(28)26-23-25-16(11-33-23)15-7-5-4-6-8-15/h4-8,11-12,14H,9-10H2,1-3H3,(H,25,26,28). The molecule has 176 valence electrons. The topological polar surface area (TPSA) is 112 Å². The van der Waals surface area contributed by atoms with Crippen molar-refractivity contribution in [2.24, 2.45) is 0 Å². The number of fused-ring (bicyclic) bond motifs is 1. The summed E-state index contributed by atoms with van der Waals surface area (Å²) < 4.78 is 11.3. The molecular formula is C23H22N4O5S2. The summed E-state index contributed by atoms with van der Waals surface area (Å²) in [5.41, 5.74) is 1.78. The lowest BCUT2D eigenvalue weighted by atomic mass is 10.2. The van der Waals surface area contributed by atoms with Gasteiger partial charge in [-0.3, -0.25) is 14.2 Å². The maximum absolute atomic E-state index is 13.2. The zero-order valence-corrected chi connectivity index (χ0v) is 20.4. The highest BCUT2D eigenvalue weighted by atomic mass is 32.1. The minimum Gasteiger partial charge on any atom is -0.459 e. The summed E-state index contributed by atoms with van der Waals surface area (Å²) in [5, 5.41) is 5.36. The number of carbonyl (C=O) groups is 2. The Kier molecular flexibility index (Phi) is 7.15. The first-order valence-corrected chi connectivity index (χ1v) is 12.1. The quantitative estimate of drug-likeness (QED) is 0.290. The summed E-state index contributed by atoms with van der Waals surface area (Å²) in [6.07, 6.45) is 1.32. The number of anilines is 1. The molecule has 3 heterocycles. The third kappa shape index (κ3) is 4.76. The maximum atomic E-state index is 13.2. The molecule has 0 radical (unpaired) electrons. The van der Waals surface area contributed by atoms with Gasteiger partial charge >= 0.3 is 5.97 Å². The fourth-order valence-corrected chi connectivity index (χ4v) is 5.06. The highest BCUT2D eigenvalue weighted by Gasteiger charge is 2.24. The van der Waals surface area contributed by atoms with Gasteiger partial charge < -0.3 is 14.8 Å². The monoisotopic (exact) mass is 498 g/mol. The van der Waals surface area contributed by atoms with Crippen molar-refractivity contribution in [2.45, 2.75) is 19.9 Å². The van der Waals surface area contributed by atoms with Gasteiger partial charge in [-0.15, -0.1) is 22.7 Å². The number of aromatic nitrogens is 3. The van der Waals surface area contributed by atoms with E-state index in [0.717, 1.165) is 22.6 Å². The van der Waals surface area contributed by atoms with Crippen molar-refractivity contribution in [3.8, 4) is 11.3 Å². The summed E-state index contributed by atoms with van der Waals surface area (Å²) in [6.45, 7) is 3.67. The van der Waals surface area contributed by atoms with Gasteiger partial charge in [-0.25, -0.2) is 14.8 Å². The van der Waals surface area contributed by atoms with Gasteiger partial charge in [-0.1, -0.05) is 30.3 Å². The van der Waals surface area contributed by atoms with Crippen molar-refractivity contribution in [1.29, 1.82) is 0 Å². The number of nitrogens with one attached hydrogen (secondary N) is 1. The Morgan fingerprint density at radius 2 is 1.97 bits per heavy atom. The molecule has 9 nitrogen and oxygen atoms in total. The molecule has 1 N–H and O–H groups in total. The maximum Gasteiger partial charge on any atom is 0.348 e. The molecule has 0 aliphatic carbocycles. The summed E-state index contributed by atoms with van der Waals surface area (Å²) in [5.74, 6) is -0.934. The first-order chi connectivity index (χ1) is 16.4. The molecule has 4 rings (SSSR count). The molecule has 3 aromatic heterocycles. The summed E-state index contributed by atoms with van der Waals surface area (Å²) in [7, 11) is 1.51. The van der Waals surface area contributed by atoms with Gasteiger partial charge in [0, 0.05) is 18.1 Å². The van der Waals surface area contributed by atoms with Crippen molar-refractivity contribution >= 4 is 49.9 Å². The van der Waals surface area contributed by atoms with Gasteiger partial charge in [0.1, 0.15) is 22.4 Å². The second-order valence-electron chi connectivity index (χ2n) is 7.39. The number of ether oxygens (including phenoxy) is 2.